The van der Waals surface area contributed by atoms with Crippen molar-refractivity contribution in [1.29, 1.82) is 0 Å². The summed E-state index contributed by atoms with van der Waals surface area (Å²) in [4.78, 5) is 28.3. The molecule has 3 rings (SSSR count). The summed E-state index contributed by atoms with van der Waals surface area (Å²) in [5.74, 6) is 0.515. The van der Waals surface area contributed by atoms with E-state index in [2.05, 4.69) is 70.4 Å². The van der Waals surface area contributed by atoms with Gasteiger partial charge in [0.25, 0.3) is 5.91 Å². The Morgan fingerprint density at radius 2 is 1.86 bits per heavy atom. The Hall–Kier alpha value is -2.67. The lowest BCUT2D eigenvalue weighted by atomic mass is 10.2. The molecule has 1 fully saturated rings. The minimum atomic E-state index is -0.0178. The molecule has 7 nitrogen and oxygen atoms in total. The Balaban J connectivity index is 1.59. The van der Waals surface area contributed by atoms with Gasteiger partial charge in [-0.05, 0) is 64.7 Å². The van der Waals surface area contributed by atoms with Gasteiger partial charge >= 0.3 is 0 Å². The molecule has 0 bridgehead atoms. The van der Waals surface area contributed by atoms with Gasteiger partial charge in [-0.25, -0.2) is 9.97 Å². The molecule has 0 saturated carbocycles. The fraction of sp³-hybridized carbons (Fsp3) is 0.500. The molecule has 1 aromatic carbocycles. The zero-order valence-electron chi connectivity index (χ0n) is 18.0. The van der Waals surface area contributed by atoms with Crippen LogP contribution in [0.25, 0.3) is 0 Å². The van der Waals surface area contributed by atoms with E-state index in [4.69, 9.17) is 0 Å². The highest BCUT2D eigenvalue weighted by Crippen LogP contribution is 2.19. The van der Waals surface area contributed by atoms with Gasteiger partial charge in [-0.15, -0.1) is 0 Å². The number of aryl methyl sites for hydroxylation is 2. The highest BCUT2D eigenvalue weighted by atomic mass is 16.2. The van der Waals surface area contributed by atoms with Crippen molar-refractivity contribution in [1.82, 2.24) is 19.8 Å². The molecule has 2 heterocycles. The van der Waals surface area contributed by atoms with Crippen LogP contribution in [0.1, 0.15) is 28.2 Å². The van der Waals surface area contributed by atoms with Crippen LogP contribution in [0.5, 0.6) is 0 Å². The maximum absolute atomic E-state index is 13.0. The molecule has 0 spiro atoms. The van der Waals surface area contributed by atoms with Gasteiger partial charge in [0.2, 0.25) is 5.95 Å². The van der Waals surface area contributed by atoms with Crippen LogP contribution >= 0.6 is 0 Å². The molecule has 1 aromatic heterocycles. The second kappa shape index (κ2) is 9.69. The summed E-state index contributed by atoms with van der Waals surface area (Å²) in [6, 6.07) is 10.3. The Labute approximate surface area is 173 Å². The third-order valence-corrected chi connectivity index (χ3v) is 5.07. The molecule has 156 valence electrons. The largest absolute Gasteiger partial charge is 0.368 e. The lowest BCUT2D eigenvalue weighted by molar-refractivity contribution is 0.0740. The van der Waals surface area contributed by atoms with Crippen LogP contribution in [0.15, 0.2) is 30.3 Å². The van der Waals surface area contributed by atoms with Gasteiger partial charge in [0, 0.05) is 44.1 Å². The van der Waals surface area contributed by atoms with E-state index in [0.29, 0.717) is 24.7 Å². The summed E-state index contributed by atoms with van der Waals surface area (Å²) < 4.78 is 0. The lowest BCUT2D eigenvalue weighted by Gasteiger charge is -2.36. The smallest absolute Gasteiger partial charge is 0.272 e. The Kier molecular flexibility index (Phi) is 7.04. The number of hydrogen-bond acceptors (Lipinski definition) is 6. The van der Waals surface area contributed by atoms with Gasteiger partial charge in [-0.1, -0.05) is 12.1 Å². The van der Waals surface area contributed by atoms with Crippen molar-refractivity contribution in [2.75, 3.05) is 63.6 Å². The van der Waals surface area contributed by atoms with Crippen LogP contribution < -0.4 is 10.2 Å². The number of piperazine rings is 1. The number of aromatic nitrogens is 2. The Morgan fingerprint density at radius 1 is 1.10 bits per heavy atom. The van der Waals surface area contributed by atoms with Gasteiger partial charge in [0.1, 0.15) is 5.69 Å². The molecule has 1 amide bonds. The third kappa shape index (κ3) is 5.90. The number of nitrogens with zero attached hydrogens (tertiary/aromatic N) is 5. The van der Waals surface area contributed by atoms with E-state index in [0.717, 1.165) is 38.3 Å². The molecule has 29 heavy (non-hydrogen) atoms. The molecule has 1 aliphatic heterocycles. The Morgan fingerprint density at radius 3 is 2.55 bits per heavy atom. The SMILES string of the molecule is Cc1cccc(N2CCN(C(=O)c3cc(C)nc(NCCCN(C)C)n3)CC2)c1. The second-order valence-electron chi connectivity index (χ2n) is 7.92. The Bertz CT molecular complexity index is 830. The molecule has 2 aromatic rings. The van der Waals surface area contributed by atoms with E-state index in [-0.39, 0.29) is 5.91 Å². The standard InChI is InChI=1S/C22H32N6O/c1-17-7-5-8-19(15-17)27-11-13-28(14-12-27)21(29)20-16-18(2)24-22(25-20)23-9-6-10-26(3)4/h5,7-8,15-16H,6,9-14H2,1-4H3,(H,23,24,25). The van der Waals surface area contributed by atoms with Gasteiger partial charge in [-0.2, -0.15) is 0 Å². The topological polar surface area (TPSA) is 64.6 Å². The van der Waals surface area contributed by atoms with E-state index < -0.39 is 0 Å². The van der Waals surface area contributed by atoms with Crippen LogP contribution in [0.3, 0.4) is 0 Å². The van der Waals surface area contributed by atoms with Crippen molar-refractivity contribution in [3.63, 3.8) is 0 Å². The molecule has 0 radical (unpaired) electrons. The minimum absolute atomic E-state index is 0.0178. The van der Waals surface area contributed by atoms with Crippen molar-refractivity contribution in [3.05, 3.63) is 47.3 Å². The normalized spacial score (nSPS) is 14.4. The first kappa shape index (κ1) is 21.0. The molecule has 7 heteroatoms. The first-order valence-corrected chi connectivity index (χ1v) is 10.3. The molecule has 0 atom stereocenters. The highest BCUT2D eigenvalue weighted by molar-refractivity contribution is 5.92. The molecule has 0 aliphatic carbocycles. The summed E-state index contributed by atoms with van der Waals surface area (Å²) in [7, 11) is 4.11. The quantitative estimate of drug-likeness (QED) is 0.725. The van der Waals surface area contributed by atoms with Gasteiger partial charge in [0.05, 0.1) is 0 Å². The van der Waals surface area contributed by atoms with Crippen LogP contribution in [-0.4, -0.2) is 79.0 Å². The number of carbonyl (C=O) groups excluding carboxylic acids is 1. The predicted molar refractivity (Wildman–Crippen MR) is 118 cm³/mol. The lowest BCUT2D eigenvalue weighted by Crippen LogP contribution is -2.49. The van der Waals surface area contributed by atoms with E-state index >= 15 is 0 Å². The van der Waals surface area contributed by atoms with Crippen molar-refractivity contribution >= 4 is 17.5 Å². The average Bonchev–Trinajstić information content (AvgIpc) is 2.70. The summed E-state index contributed by atoms with van der Waals surface area (Å²) in [6.45, 7) is 8.83. The van der Waals surface area contributed by atoms with Crippen LogP contribution in [0, 0.1) is 13.8 Å². The van der Waals surface area contributed by atoms with E-state index in [1.165, 1.54) is 11.3 Å². The van der Waals surface area contributed by atoms with Crippen molar-refractivity contribution in [2.45, 2.75) is 20.3 Å². The maximum atomic E-state index is 13.0. The number of amides is 1. The maximum Gasteiger partial charge on any atom is 0.272 e. The molecule has 0 unspecified atom stereocenters. The minimum Gasteiger partial charge on any atom is -0.368 e. The number of rotatable bonds is 7. The first-order chi connectivity index (χ1) is 13.9. The molecular formula is C22H32N6O. The number of carbonyl (C=O) groups is 1. The third-order valence-electron chi connectivity index (χ3n) is 5.07. The summed E-state index contributed by atoms with van der Waals surface area (Å²) in [5.41, 5.74) is 3.75. The molecule has 1 aliphatic rings. The zero-order chi connectivity index (χ0) is 20.8. The average molecular weight is 397 g/mol. The van der Waals surface area contributed by atoms with Gasteiger partial charge < -0.3 is 20.0 Å². The predicted octanol–water partition coefficient (Wildman–Crippen LogP) is 2.42. The molecule has 1 saturated heterocycles. The van der Waals surface area contributed by atoms with Gasteiger partial charge in [-0.3, -0.25) is 4.79 Å². The monoisotopic (exact) mass is 396 g/mol. The number of hydrogen-bond donors (Lipinski definition) is 1. The molecular weight excluding hydrogens is 364 g/mol. The zero-order valence-corrected chi connectivity index (χ0v) is 18.0. The van der Waals surface area contributed by atoms with Crippen LogP contribution in [0.2, 0.25) is 0 Å². The summed E-state index contributed by atoms with van der Waals surface area (Å²) in [5, 5.41) is 3.25. The fourth-order valence-electron chi connectivity index (χ4n) is 3.51. The van der Waals surface area contributed by atoms with Crippen molar-refractivity contribution in [2.24, 2.45) is 0 Å². The first-order valence-electron chi connectivity index (χ1n) is 10.3. The van der Waals surface area contributed by atoms with E-state index in [9.17, 15) is 4.79 Å². The van der Waals surface area contributed by atoms with Crippen LogP contribution in [-0.2, 0) is 0 Å². The van der Waals surface area contributed by atoms with E-state index in [1.807, 2.05) is 11.8 Å². The molecule has 1 N–H and O–H groups in total. The van der Waals surface area contributed by atoms with Crippen LogP contribution in [0.4, 0.5) is 11.6 Å². The number of benzene rings is 1. The highest BCUT2D eigenvalue weighted by Gasteiger charge is 2.24. The van der Waals surface area contributed by atoms with Crippen molar-refractivity contribution < 1.29 is 4.79 Å². The van der Waals surface area contributed by atoms with Gasteiger partial charge in [0.15, 0.2) is 0 Å². The van der Waals surface area contributed by atoms with E-state index in [1.54, 1.807) is 6.07 Å². The summed E-state index contributed by atoms with van der Waals surface area (Å²) >= 11 is 0. The number of nitrogens with one attached hydrogen (secondary N) is 1. The fourth-order valence-corrected chi connectivity index (χ4v) is 3.51. The van der Waals surface area contributed by atoms with Crippen molar-refractivity contribution in [3.8, 4) is 0 Å². The second-order valence-corrected chi connectivity index (χ2v) is 7.92. The number of anilines is 2. The summed E-state index contributed by atoms with van der Waals surface area (Å²) in [6.07, 6.45) is 0.995.